The number of carboxylic acid groups (broad SMARTS) is 1. The third-order valence-corrected chi connectivity index (χ3v) is 5.96. The standard InChI is InChI=1S/C22H24FN5O4/c23-16-3-1-13(2-4-16)20(30)27-21-24-12-15-11-17(5-6-18(15)26-21)25-19(29)14-7-9-28(10-8-14)22(31)32/h1-4,12,14,17H,5-11H2,(H,25,29)(H,31,32)(H,24,26,27,30). The first-order valence-corrected chi connectivity index (χ1v) is 10.6. The van der Waals surface area contributed by atoms with Crippen LogP contribution in [0, 0.1) is 11.7 Å². The molecular formula is C22H24FN5O4. The minimum Gasteiger partial charge on any atom is -0.465 e. The molecule has 1 unspecified atom stereocenters. The average Bonchev–Trinajstić information content (AvgIpc) is 2.79. The first-order chi connectivity index (χ1) is 15.4. The molecule has 1 saturated heterocycles. The van der Waals surface area contributed by atoms with Crippen molar-refractivity contribution in [2.24, 2.45) is 5.92 Å². The lowest BCUT2D eigenvalue weighted by Crippen LogP contribution is -2.46. The van der Waals surface area contributed by atoms with Gasteiger partial charge in [-0.05, 0) is 61.9 Å². The number of nitrogens with one attached hydrogen (secondary N) is 2. The number of piperidine rings is 1. The fourth-order valence-corrected chi connectivity index (χ4v) is 4.12. The second-order valence-corrected chi connectivity index (χ2v) is 8.12. The largest absolute Gasteiger partial charge is 0.465 e. The summed E-state index contributed by atoms with van der Waals surface area (Å²) in [7, 11) is 0. The lowest BCUT2D eigenvalue weighted by atomic mass is 9.91. The van der Waals surface area contributed by atoms with Gasteiger partial charge in [0, 0.05) is 42.5 Å². The van der Waals surface area contributed by atoms with E-state index in [1.807, 2.05) is 0 Å². The highest BCUT2D eigenvalue weighted by Gasteiger charge is 2.29. The number of hydrogen-bond acceptors (Lipinski definition) is 5. The number of rotatable bonds is 4. The summed E-state index contributed by atoms with van der Waals surface area (Å²) in [6, 6.07) is 5.18. The number of benzene rings is 1. The lowest BCUT2D eigenvalue weighted by Gasteiger charge is -2.31. The van der Waals surface area contributed by atoms with Crippen molar-refractivity contribution in [2.45, 2.75) is 38.1 Å². The highest BCUT2D eigenvalue weighted by atomic mass is 19.1. The number of nitrogens with zero attached hydrogens (tertiary/aromatic N) is 3. The zero-order chi connectivity index (χ0) is 22.7. The number of aryl methyl sites for hydroxylation is 1. The maximum atomic E-state index is 13.0. The Balaban J connectivity index is 1.31. The molecule has 1 aliphatic carbocycles. The Bertz CT molecular complexity index is 1020. The van der Waals surface area contributed by atoms with Crippen LogP contribution in [-0.2, 0) is 17.6 Å². The zero-order valence-electron chi connectivity index (χ0n) is 17.4. The molecule has 1 atom stereocenters. The number of carbonyl (C=O) groups is 3. The molecule has 0 bridgehead atoms. The SMILES string of the molecule is O=C(Nc1ncc2c(n1)CCC(NC(=O)C1CCN(C(=O)O)CC1)C2)c1ccc(F)cc1. The summed E-state index contributed by atoms with van der Waals surface area (Å²) in [6.07, 6.45) is 3.73. The molecule has 10 heteroatoms. The van der Waals surface area contributed by atoms with E-state index >= 15 is 0 Å². The van der Waals surface area contributed by atoms with Crippen LogP contribution in [0.25, 0.3) is 0 Å². The number of hydrogen-bond donors (Lipinski definition) is 3. The average molecular weight is 441 g/mol. The molecule has 2 aromatic rings. The lowest BCUT2D eigenvalue weighted by molar-refractivity contribution is -0.127. The van der Waals surface area contributed by atoms with Gasteiger partial charge >= 0.3 is 6.09 Å². The van der Waals surface area contributed by atoms with Gasteiger partial charge in [0.1, 0.15) is 5.82 Å². The van der Waals surface area contributed by atoms with E-state index in [-0.39, 0.29) is 23.8 Å². The Morgan fingerprint density at radius 2 is 1.81 bits per heavy atom. The van der Waals surface area contributed by atoms with Crippen LogP contribution in [0.5, 0.6) is 0 Å². The summed E-state index contributed by atoms with van der Waals surface area (Å²) in [5, 5.41) is 14.7. The predicted molar refractivity (Wildman–Crippen MR) is 113 cm³/mol. The molecule has 2 heterocycles. The summed E-state index contributed by atoms with van der Waals surface area (Å²) < 4.78 is 13.0. The van der Waals surface area contributed by atoms with Crippen molar-refractivity contribution in [3.63, 3.8) is 0 Å². The van der Waals surface area contributed by atoms with Gasteiger partial charge in [0.05, 0.1) is 0 Å². The van der Waals surface area contributed by atoms with Crippen LogP contribution >= 0.6 is 0 Å². The van der Waals surface area contributed by atoms with E-state index in [4.69, 9.17) is 5.11 Å². The van der Waals surface area contributed by atoms with Crippen molar-refractivity contribution < 1.29 is 23.9 Å². The first-order valence-electron chi connectivity index (χ1n) is 10.6. The molecule has 9 nitrogen and oxygen atoms in total. The van der Waals surface area contributed by atoms with Crippen LogP contribution < -0.4 is 10.6 Å². The number of fused-ring (bicyclic) bond motifs is 1. The van der Waals surface area contributed by atoms with Crippen molar-refractivity contribution in [3.8, 4) is 0 Å². The van der Waals surface area contributed by atoms with E-state index < -0.39 is 17.8 Å². The third-order valence-electron chi connectivity index (χ3n) is 5.96. The molecule has 4 rings (SSSR count). The number of carbonyl (C=O) groups excluding carboxylic acids is 2. The molecule has 3 amide bonds. The molecular weight excluding hydrogens is 417 g/mol. The molecule has 0 radical (unpaired) electrons. The van der Waals surface area contributed by atoms with Crippen LogP contribution in [0.1, 0.15) is 40.9 Å². The van der Waals surface area contributed by atoms with Crippen LogP contribution in [0.3, 0.4) is 0 Å². The molecule has 32 heavy (non-hydrogen) atoms. The Kier molecular flexibility index (Phi) is 6.29. The van der Waals surface area contributed by atoms with Crippen LogP contribution in [0.4, 0.5) is 15.1 Å². The fraction of sp³-hybridized carbons (Fsp3) is 0.409. The van der Waals surface area contributed by atoms with E-state index in [0.29, 0.717) is 44.3 Å². The molecule has 1 aromatic carbocycles. The zero-order valence-corrected chi connectivity index (χ0v) is 17.4. The van der Waals surface area contributed by atoms with E-state index in [9.17, 15) is 18.8 Å². The van der Waals surface area contributed by atoms with Gasteiger partial charge < -0.3 is 15.3 Å². The van der Waals surface area contributed by atoms with Crippen LogP contribution in [0.2, 0.25) is 0 Å². The molecule has 3 N–H and O–H groups in total. The molecule has 168 valence electrons. The normalized spacial score (nSPS) is 18.5. The maximum absolute atomic E-state index is 13.0. The summed E-state index contributed by atoms with van der Waals surface area (Å²) in [4.78, 5) is 45.9. The van der Waals surface area contributed by atoms with Gasteiger partial charge in [-0.1, -0.05) is 0 Å². The van der Waals surface area contributed by atoms with E-state index in [0.717, 1.165) is 17.7 Å². The van der Waals surface area contributed by atoms with E-state index in [1.165, 1.54) is 29.2 Å². The van der Waals surface area contributed by atoms with Gasteiger partial charge in [-0.3, -0.25) is 14.9 Å². The monoisotopic (exact) mass is 441 g/mol. The van der Waals surface area contributed by atoms with Gasteiger partial charge in [0.15, 0.2) is 0 Å². The van der Waals surface area contributed by atoms with Gasteiger partial charge in [-0.15, -0.1) is 0 Å². The molecule has 1 aliphatic heterocycles. The highest BCUT2D eigenvalue weighted by Crippen LogP contribution is 2.23. The van der Waals surface area contributed by atoms with Crippen LogP contribution in [-0.4, -0.2) is 57.0 Å². The highest BCUT2D eigenvalue weighted by molar-refractivity contribution is 6.03. The summed E-state index contributed by atoms with van der Waals surface area (Å²) in [5.74, 6) is -0.857. The smallest absolute Gasteiger partial charge is 0.407 e. The number of likely N-dealkylation sites (tertiary alicyclic amines) is 1. The number of aromatic nitrogens is 2. The first kappa shape index (κ1) is 21.7. The van der Waals surface area contributed by atoms with E-state index in [1.54, 1.807) is 6.20 Å². The maximum Gasteiger partial charge on any atom is 0.407 e. The van der Waals surface area contributed by atoms with Crippen molar-refractivity contribution in [1.29, 1.82) is 0 Å². The summed E-state index contributed by atoms with van der Waals surface area (Å²) in [6.45, 7) is 0.752. The minimum absolute atomic E-state index is 0.0317. The van der Waals surface area contributed by atoms with Crippen molar-refractivity contribution in [3.05, 3.63) is 53.1 Å². The second-order valence-electron chi connectivity index (χ2n) is 8.12. The molecule has 1 fully saturated rings. The van der Waals surface area contributed by atoms with Gasteiger partial charge in [-0.2, -0.15) is 0 Å². The van der Waals surface area contributed by atoms with Crippen molar-refractivity contribution in [1.82, 2.24) is 20.2 Å². The summed E-state index contributed by atoms with van der Waals surface area (Å²) in [5.41, 5.74) is 2.06. The Morgan fingerprint density at radius 3 is 2.50 bits per heavy atom. The minimum atomic E-state index is -0.944. The fourth-order valence-electron chi connectivity index (χ4n) is 4.12. The number of amides is 3. The van der Waals surface area contributed by atoms with Crippen molar-refractivity contribution >= 4 is 23.9 Å². The molecule has 2 aliphatic rings. The second kappa shape index (κ2) is 9.29. The Labute approximate surface area is 184 Å². The van der Waals surface area contributed by atoms with Crippen molar-refractivity contribution in [2.75, 3.05) is 18.4 Å². The molecule has 0 saturated carbocycles. The van der Waals surface area contributed by atoms with Gasteiger partial charge in [0.2, 0.25) is 11.9 Å². The quantitative estimate of drug-likeness (QED) is 0.668. The number of halogens is 1. The Morgan fingerprint density at radius 1 is 1.09 bits per heavy atom. The van der Waals surface area contributed by atoms with Gasteiger partial charge in [-0.25, -0.2) is 19.2 Å². The Hall–Kier alpha value is -3.56. The third kappa shape index (κ3) is 5.01. The van der Waals surface area contributed by atoms with E-state index in [2.05, 4.69) is 20.6 Å². The number of anilines is 1. The summed E-state index contributed by atoms with van der Waals surface area (Å²) >= 11 is 0. The predicted octanol–water partition coefficient (Wildman–Crippen LogP) is 2.23. The van der Waals surface area contributed by atoms with Crippen LogP contribution in [0.15, 0.2) is 30.5 Å². The van der Waals surface area contributed by atoms with Gasteiger partial charge in [0.25, 0.3) is 5.91 Å². The molecule has 1 aromatic heterocycles. The topological polar surface area (TPSA) is 125 Å². The molecule has 0 spiro atoms.